The highest BCUT2D eigenvalue weighted by Gasteiger charge is 2.34. The number of amides is 1. The first kappa shape index (κ1) is 16.9. The van der Waals surface area contributed by atoms with E-state index in [2.05, 4.69) is 26.1 Å². The summed E-state index contributed by atoms with van der Waals surface area (Å²) in [4.78, 5) is 13.9. The highest BCUT2D eigenvalue weighted by Crippen LogP contribution is 2.39. The SMILES string of the molecule is CCSc1ccccc1C(=O)N[C@@H]1CC(C)(C)Oc2ccccc21. The molecule has 0 spiro atoms. The van der Waals surface area contributed by atoms with Crippen molar-refractivity contribution in [2.45, 2.75) is 43.7 Å². The lowest BCUT2D eigenvalue weighted by Crippen LogP contribution is -2.41. The van der Waals surface area contributed by atoms with Gasteiger partial charge in [-0.15, -0.1) is 11.8 Å². The van der Waals surface area contributed by atoms with Gasteiger partial charge >= 0.3 is 0 Å². The number of hydrogen-bond donors (Lipinski definition) is 1. The predicted molar refractivity (Wildman–Crippen MR) is 98.8 cm³/mol. The Kier molecular flexibility index (Phi) is 4.86. The molecule has 0 saturated heterocycles. The summed E-state index contributed by atoms with van der Waals surface area (Å²) < 4.78 is 6.04. The van der Waals surface area contributed by atoms with Crippen molar-refractivity contribution >= 4 is 17.7 Å². The summed E-state index contributed by atoms with van der Waals surface area (Å²) in [5.74, 6) is 1.77. The Morgan fingerprint density at radius 3 is 2.71 bits per heavy atom. The second-order valence-corrected chi connectivity index (χ2v) is 7.86. The van der Waals surface area contributed by atoms with Gasteiger partial charge in [0.15, 0.2) is 0 Å². The number of rotatable bonds is 4. The van der Waals surface area contributed by atoms with E-state index in [-0.39, 0.29) is 17.6 Å². The van der Waals surface area contributed by atoms with E-state index in [0.29, 0.717) is 0 Å². The van der Waals surface area contributed by atoms with E-state index in [4.69, 9.17) is 4.74 Å². The van der Waals surface area contributed by atoms with Crippen LogP contribution in [0.5, 0.6) is 5.75 Å². The molecule has 3 rings (SSSR count). The van der Waals surface area contributed by atoms with Crippen LogP contribution >= 0.6 is 11.8 Å². The fourth-order valence-corrected chi connectivity index (χ4v) is 3.90. The molecule has 0 fully saturated rings. The standard InChI is InChI=1S/C20H23NO2S/c1-4-24-18-12-8-6-10-15(18)19(22)21-16-13-20(2,3)23-17-11-7-5-9-14(16)17/h5-12,16H,4,13H2,1-3H3,(H,21,22)/t16-/m1/s1. The van der Waals surface area contributed by atoms with Gasteiger partial charge in [-0.1, -0.05) is 37.3 Å². The van der Waals surface area contributed by atoms with E-state index < -0.39 is 0 Å². The van der Waals surface area contributed by atoms with Crippen molar-refractivity contribution in [2.75, 3.05) is 5.75 Å². The molecule has 24 heavy (non-hydrogen) atoms. The lowest BCUT2D eigenvalue weighted by molar-refractivity contribution is 0.0619. The van der Waals surface area contributed by atoms with E-state index in [1.165, 1.54) is 0 Å². The summed E-state index contributed by atoms with van der Waals surface area (Å²) in [6.45, 7) is 6.21. The van der Waals surface area contributed by atoms with Crippen molar-refractivity contribution in [1.82, 2.24) is 5.32 Å². The number of fused-ring (bicyclic) bond motifs is 1. The molecule has 126 valence electrons. The first-order chi connectivity index (χ1) is 11.5. The highest BCUT2D eigenvalue weighted by atomic mass is 32.2. The molecule has 1 heterocycles. The summed E-state index contributed by atoms with van der Waals surface area (Å²) in [7, 11) is 0. The van der Waals surface area contributed by atoms with Gasteiger partial charge < -0.3 is 10.1 Å². The summed E-state index contributed by atoms with van der Waals surface area (Å²) in [6, 6.07) is 15.7. The maximum Gasteiger partial charge on any atom is 0.252 e. The minimum Gasteiger partial charge on any atom is -0.487 e. The molecule has 0 saturated carbocycles. The molecule has 1 amide bonds. The predicted octanol–water partition coefficient (Wildman–Crippen LogP) is 4.83. The van der Waals surface area contributed by atoms with Crippen LogP contribution < -0.4 is 10.1 Å². The van der Waals surface area contributed by atoms with Crippen LogP contribution in [0.2, 0.25) is 0 Å². The van der Waals surface area contributed by atoms with E-state index in [0.717, 1.165) is 33.9 Å². The maximum absolute atomic E-state index is 12.9. The quantitative estimate of drug-likeness (QED) is 0.810. The monoisotopic (exact) mass is 341 g/mol. The number of carbonyl (C=O) groups is 1. The van der Waals surface area contributed by atoms with E-state index in [1.807, 2.05) is 48.5 Å². The molecule has 1 atom stereocenters. The van der Waals surface area contributed by atoms with Crippen LogP contribution in [0.15, 0.2) is 53.4 Å². The third-order valence-electron chi connectivity index (χ3n) is 4.11. The topological polar surface area (TPSA) is 38.3 Å². The van der Waals surface area contributed by atoms with E-state index in [9.17, 15) is 4.79 Å². The molecule has 0 aromatic heterocycles. The number of para-hydroxylation sites is 1. The van der Waals surface area contributed by atoms with Crippen LogP contribution in [0.1, 0.15) is 49.2 Å². The third-order valence-corrected chi connectivity index (χ3v) is 5.07. The molecule has 1 aliphatic rings. The van der Waals surface area contributed by atoms with Gasteiger partial charge in [0.1, 0.15) is 11.4 Å². The molecule has 0 unspecified atom stereocenters. The number of benzene rings is 2. The van der Waals surface area contributed by atoms with Crippen molar-refractivity contribution in [1.29, 1.82) is 0 Å². The van der Waals surface area contributed by atoms with Gasteiger partial charge in [-0.2, -0.15) is 0 Å². The fourth-order valence-electron chi connectivity index (χ4n) is 3.10. The largest absolute Gasteiger partial charge is 0.487 e. The first-order valence-electron chi connectivity index (χ1n) is 8.31. The van der Waals surface area contributed by atoms with E-state index in [1.54, 1.807) is 11.8 Å². The van der Waals surface area contributed by atoms with Crippen LogP contribution in [0.4, 0.5) is 0 Å². The third kappa shape index (κ3) is 3.59. The normalized spacial score (nSPS) is 18.4. The zero-order valence-electron chi connectivity index (χ0n) is 14.3. The number of nitrogens with one attached hydrogen (secondary N) is 1. The van der Waals surface area contributed by atoms with Gasteiger partial charge in [-0.3, -0.25) is 4.79 Å². The molecular weight excluding hydrogens is 318 g/mol. The van der Waals surface area contributed by atoms with Gasteiger partial charge in [0.05, 0.1) is 11.6 Å². The smallest absolute Gasteiger partial charge is 0.252 e. The molecule has 1 N–H and O–H groups in total. The molecule has 2 aromatic carbocycles. The molecule has 0 aliphatic carbocycles. The minimum absolute atomic E-state index is 0.0240. The Balaban J connectivity index is 1.87. The Bertz CT molecular complexity index is 742. The van der Waals surface area contributed by atoms with Crippen molar-refractivity contribution in [3.63, 3.8) is 0 Å². The second-order valence-electron chi connectivity index (χ2n) is 6.56. The Morgan fingerprint density at radius 1 is 1.21 bits per heavy atom. The Hall–Kier alpha value is -1.94. The summed E-state index contributed by atoms with van der Waals surface area (Å²) in [6.07, 6.45) is 0.749. The zero-order chi connectivity index (χ0) is 17.2. The number of carbonyl (C=O) groups excluding carboxylic acids is 1. The van der Waals surface area contributed by atoms with Crippen LogP contribution in [0.25, 0.3) is 0 Å². The summed E-state index contributed by atoms with van der Waals surface area (Å²) in [5, 5.41) is 3.21. The molecule has 2 aromatic rings. The average Bonchev–Trinajstić information content (AvgIpc) is 2.54. The van der Waals surface area contributed by atoms with Crippen molar-refractivity contribution in [2.24, 2.45) is 0 Å². The summed E-state index contributed by atoms with van der Waals surface area (Å²) >= 11 is 1.69. The second kappa shape index (κ2) is 6.89. The lowest BCUT2D eigenvalue weighted by atomic mass is 9.89. The average molecular weight is 341 g/mol. The number of thioether (sulfide) groups is 1. The lowest BCUT2D eigenvalue weighted by Gasteiger charge is -2.38. The van der Waals surface area contributed by atoms with Crippen LogP contribution in [0, 0.1) is 0 Å². The van der Waals surface area contributed by atoms with Gasteiger partial charge in [-0.05, 0) is 37.8 Å². The van der Waals surface area contributed by atoms with Gasteiger partial charge in [-0.25, -0.2) is 0 Å². The van der Waals surface area contributed by atoms with Crippen molar-refractivity contribution in [3.05, 3.63) is 59.7 Å². The van der Waals surface area contributed by atoms with Crippen LogP contribution in [0.3, 0.4) is 0 Å². The molecule has 0 bridgehead atoms. The van der Waals surface area contributed by atoms with Crippen molar-refractivity contribution in [3.8, 4) is 5.75 Å². The maximum atomic E-state index is 12.9. The fraction of sp³-hybridized carbons (Fsp3) is 0.350. The molecule has 1 aliphatic heterocycles. The van der Waals surface area contributed by atoms with Gasteiger partial charge in [0.2, 0.25) is 0 Å². The Morgan fingerprint density at radius 2 is 1.92 bits per heavy atom. The minimum atomic E-state index is -0.302. The zero-order valence-corrected chi connectivity index (χ0v) is 15.2. The Labute approximate surface area is 147 Å². The van der Waals surface area contributed by atoms with E-state index >= 15 is 0 Å². The molecule has 0 radical (unpaired) electrons. The number of hydrogen-bond acceptors (Lipinski definition) is 3. The summed E-state index contributed by atoms with van der Waals surface area (Å²) in [5.41, 5.74) is 1.49. The van der Waals surface area contributed by atoms with Gasteiger partial charge in [0.25, 0.3) is 5.91 Å². The highest BCUT2D eigenvalue weighted by molar-refractivity contribution is 7.99. The first-order valence-corrected chi connectivity index (χ1v) is 9.29. The molecular formula is C20H23NO2S. The molecule has 3 nitrogen and oxygen atoms in total. The van der Waals surface area contributed by atoms with Crippen LogP contribution in [-0.4, -0.2) is 17.3 Å². The van der Waals surface area contributed by atoms with Crippen LogP contribution in [-0.2, 0) is 0 Å². The van der Waals surface area contributed by atoms with Crippen molar-refractivity contribution < 1.29 is 9.53 Å². The van der Waals surface area contributed by atoms with Gasteiger partial charge in [0, 0.05) is 16.9 Å². The molecule has 4 heteroatoms. The number of ether oxygens (including phenoxy) is 1.